The predicted octanol–water partition coefficient (Wildman–Crippen LogP) is 2.03. The number of amides is 1. The highest BCUT2D eigenvalue weighted by molar-refractivity contribution is 7.89. The molecule has 0 atom stereocenters. The lowest BCUT2D eigenvalue weighted by atomic mass is 10.3. The van der Waals surface area contributed by atoms with Crippen LogP contribution in [0.15, 0.2) is 29.2 Å². The second-order valence-corrected chi connectivity index (χ2v) is 7.46. The summed E-state index contributed by atoms with van der Waals surface area (Å²) in [4.78, 5) is 13.7. The van der Waals surface area contributed by atoms with Crippen LogP contribution in [0.1, 0.15) is 38.5 Å². The lowest BCUT2D eigenvalue weighted by Crippen LogP contribution is -2.32. The first kappa shape index (κ1) is 14.5. The maximum absolute atomic E-state index is 12.3. The number of hydrogen-bond donors (Lipinski definition) is 1. The van der Waals surface area contributed by atoms with Crippen LogP contribution in [-0.2, 0) is 14.8 Å². The molecule has 114 valence electrons. The van der Waals surface area contributed by atoms with Crippen molar-refractivity contribution < 1.29 is 13.2 Å². The number of rotatable bonds is 4. The number of hydrogen-bond acceptors (Lipinski definition) is 3. The van der Waals surface area contributed by atoms with Gasteiger partial charge in [-0.3, -0.25) is 4.79 Å². The largest absolute Gasteiger partial charge is 0.312 e. The van der Waals surface area contributed by atoms with Crippen LogP contribution >= 0.6 is 0 Å². The van der Waals surface area contributed by atoms with Crippen molar-refractivity contribution in [3.63, 3.8) is 0 Å². The van der Waals surface area contributed by atoms with Crippen LogP contribution in [0.25, 0.3) is 0 Å². The highest BCUT2D eigenvalue weighted by Crippen LogP contribution is 2.24. The molecule has 2 aliphatic rings. The summed E-state index contributed by atoms with van der Waals surface area (Å²) in [5.41, 5.74) is 0.775. The first-order valence-corrected chi connectivity index (χ1v) is 8.97. The van der Waals surface area contributed by atoms with Gasteiger partial charge in [-0.15, -0.1) is 0 Å². The number of nitrogens with zero attached hydrogens (tertiary/aromatic N) is 1. The summed E-state index contributed by atoms with van der Waals surface area (Å²) in [5.74, 6) is 0.106. The average Bonchev–Trinajstić information content (AvgIpc) is 3.10. The van der Waals surface area contributed by atoms with E-state index in [4.69, 9.17) is 0 Å². The van der Waals surface area contributed by atoms with Crippen molar-refractivity contribution in [1.29, 1.82) is 0 Å². The van der Waals surface area contributed by atoms with Crippen LogP contribution in [0.2, 0.25) is 0 Å². The van der Waals surface area contributed by atoms with E-state index in [1.165, 1.54) is 0 Å². The maximum Gasteiger partial charge on any atom is 0.240 e. The summed E-state index contributed by atoms with van der Waals surface area (Å²) in [6.07, 6.45) is 5.44. The molecule has 5 nitrogen and oxygen atoms in total. The van der Waals surface area contributed by atoms with Crippen molar-refractivity contribution in [2.75, 3.05) is 11.4 Å². The molecule has 0 unspecified atom stereocenters. The van der Waals surface area contributed by atoms with E-state index >= 15 is 0 Å². The molecule has 0 bridgehead atoms. The summed E-state index contributed by atoms with van der Waals surface area (Å²) in [5, 5.41) is 0. The van der Waals surface area contributed by atoms with Crippen molar-refractivity contribution in [3.05, 3.63) is 24.3 Å². The average molecular weight is 308 g/mol. The number of sulfonamides is 1. The number of carbonyl (C=O) groups is 1. The van der Waals surface area contributed by atoms with E-state index < -0.39 is 10.0 Å². The summed E-state index contributed by atoms with van der Waals surface area (Å²) >= 11 is 0. The van der Waals surface area contributed by atoms with Crippen LogP contribution in [0.5, 0.6) is 0 Å². The quantitative estimate of drug-likeness (QED) is 0.925. The molecule has 21 heavy (non-hydrogen) atoms. The number of carbonyl (C=O) groups excluding carboxylic acids is 1. The SMILES string of the molecule is O=C1CCCN1c1ccc(S(=O)(=O)NC2CCCC2)cc1. The zero-order valence-corrected chi connectivity index (χ0v) is 12.7. The third-order valence-electron chi connectivity index (χ3n) is 4.21. The van der Waals surface area contributed by atoms with Gasteiger partial charge in [-0.05, 0) is 43.5 Å². The van der Waals surface area contributed by atoms with Crippen molar-refractivity contribution in [1.82, 2.24) is 4.72 Å². The van der Waals surface area contributed by atoms with Crippen molar-refractivity contribution >= 4 is 21.6 Å². The molecule has 0 radical (unpaired) electrons. The normalized spacial score (nSPS) is 20.4. The number of benzene rings is 1. The van der Waals surface area contributed by atoms with Crippen molar-refractivity contribution in [3.8, 4) is 0 Å². The smallest absolute Gasteiger partial charge is 0.240 e. The molecule has 1 aliphatic carbocycles. The molecular weight excluding hydrogens is 288 g/mol. The van der Waals surface area contributed by atoms with Gasteiger partial charge in [0.1, 0.15) is 0 Å². The Morgan fingerprint density at radius 2 is 1.71 bits per heavy atom. The van der Waals surface area contributed by atoms with E-state index in [-0.39, 0.29) is 16.8 Å². The highest BCUT2D eigenvalue weighted by atomic mass is 32.2. The third kappa shape index (κ3) is 3.11. The second-order valence-electron chi connectivity index (χ2n) is 5.75. The molecule has 1 N–H and O–H groups in total. The molecule has 1 saturated carbocycles. The van der Waals surface area contributed by atoms with Crippen molar-refractivity contribution in [2.24, 2.45) is 0 Å². The van der Waals surface area contributed by atoms with Crippen LogP contribution < -0.4 is 9.62 Å². The molecule has 6 heteroatoms. The standard InChI is InChI=1S/C15H20N2O3S/c18-15-6-3-11-17(15)13-7-9-14(10-8-13)21(19,20)16-12-4-1-2-5-12/h7-10,12,16H,1-6,11H2. The fraction of sp³-hybridized carbons (Fsp3) is 0.533. The minimum absolute atomic E-state index is 0.0647. The van der Waals surface area contributed by atoms with E-state index in [1.54, 1.807) is 29.2 Å². The van der Waals surface area contributed by atoms with Gasteiger partial charge in [0.25, 0.3) is 0 Å². The van der Waals surface area contributed by atoms with Gasteiger partial charge in [-0.2, -0.15) is 0 Å². The molecule has 1 aromatic carbocycles. The zero-order valence-electron chi connectivity index (χ0n) is 11.9. The van der Waals surface area contributed by atoms with Crippen LogP contribution in [-0.4, -0.2) is 26.9 Å². The van der Waals surface area contributed by atoms with Gasteiger partial charge in [-0.1, -0.05) is 12.8 Å². The van der Waals surface area contributed by atoms with Gasteiger partial charge in [-0.25, -0.2) is 13.1 Å². The Morgan fingerprint density at radius 3 is 2.29 bits per heavy atom. The van der Waals surface area contributed by atoms with E-state index in [2.05, 4.69) is 4.72 Å². The first-order valence-electron chi connectivity index (χ1n) is 7.49. The molecule has 1 aromatic rings. The molecule has 1 heterocycles. The Labute approximate surface area is 125 Å². The first-order chi connectivity index (χ1) is 10.1. The summed E-state index contributed by atoms with van der Waals surface area (Å²) in [6, 6.07) is 6.66. The Morgan fingerprint density at radius 1 is 1.05 bits per heavy atom. The van der Waals surface area contributed by atoms with Gasteiger partial charge in [0.15, 0.2) is 0 Å². The zero-order chi connectivity index (χ0) is 14.9. The van der Waals surface area contributed by atoms with Crippen LogP contribution in [0.3, 0.4) is 0 Å². The van der Waals surface area contributed by atoms with Gasteiger partial charge in [0.2, 0.25) is 15.9 Å². The fourth-order valence-corrected chi connectivity index (χ4v) is 4.36. The Bertz CT molecular complexity index is 619. The van der Waals surface area contributed by atoms with Crippen LogP contribution in [0.4, 0.5) is 5.69 Å². The third-order valence-corrected chi connectivity index (χ3v) is 5.75. The Kier molecular flexibility index (Phi) is 3.99. The topological polar surface area (TPSA) is 66.5 Å². The molecule has 1 aliphatic heterocycles. The van der Waals surface area contributed by atoms with Gasteiger partial charge in [0.05, 0.1) is 4.90 Å². The summed E-state index contributed by atoms with van der Waals surface area (Å²) in [6.45, 7) is 0.714. The lowest BCUT2D eigenvalue weighted by molar-refractivity contribution is -0.117. The van der Waals surface area contributed by atoms with Gasteiger partial charge < -0.3 is 4.90 Å². The molecule has 3 rings (SSSR count). The van der Waals surface area contributed by atoms with E-state index in [9.17, 15) is 13.2 Å². The highest BCUT2D eigenvalue weighted by Gasteiger charge is 2.24. The Balaban J connectivity index is 1.75. The van der Waals surface area contributed by atoms with E-state index in [1.807, 2.05) is 0 Å². The fourth-order valence-electron chi connectivity index (χ4n) is 3.06. The van der Waals surface area contributed by atoms with Gasteiger partial charge in [0, 0.05) is 24.7 Å². The number of nitrogens with one attached hydrogen (secondary N) is 1. The number of anilines is 1. The van der Waals surface area contributed by atoms with E-state index in [0.717, 1.165) is 37.8 Å². The van der Waals surface area contributed by atoms with Crippen molar-refractivity contribution in [2.45, 2.75) is 49.5 Å². The minimum Gasteiger partial charge on any atom is -0.312 e. The summed E-state index contributed by atoms with van der Waals surface area (Å²) < 4.78 is 27.3. The predicted molar refractivity (Wildman–Crippen MR) is 80.6 cm³/mol. The van der Waals surface area contributed by atoms with E-state index in [0.29, 0.717) is 13.0 Å². The molecule has 0 aromatic heterocycles. The van der Waals surface area contributed by atoms with Gasteiger partial charge >= 0.3 is 0 Å². The van der Waals surface area contributed by atoms with Crippen LogP contribution in [0, 0.1) is 0 Å². The second kappa shape index (κ2) is 5.77. The monoisotopic (exact) mass is 308 g/mol. The molecular formula is C15H20N2O3S. The minimum atomic E-state index is -3.45. The molecule has 1 amide bonds. The summed E-state index contributed by atoms with van der Waals surface area (Å²) in [7, 11) is -3.45. The lowest BCUT2D eigenvalue weighted by Gasteiger charge is -2.17. The molecule has 2 fully saturated rings. The molecule has 0 spiro atoms. The Hall–Kier alpha value is -1.40. The molecule has 1 saturated heterocycles. The maximum atomic E-state index is 12.3.